The average molecular weight is 210 g/mol. The Morgan fingerprint density at radius 2 is 2.00 bits per heavy atom. The van der Waals surface area contributed by atoms with Gasteiger partial charge >= 0.3 is 0 Å². The van der Waals surface area contributed by atoms with E-state index in [-0.39, 0.29) is 0 Å². The molecule has 0 aliphatic carbocycles. The molecule has 0 aliphatic heterocycles. The van der Waals surface area contributed by atoms with E-state index in [1.54, 1.807) is 0 Å². The van der Waals surface area contributed by atoms with Crippen LogP contribution in [0.5, 0.6) is 0 Å². The fourth-order valence-corrected chi connectivity index (χ4v) is 1.37. The first-order valence-corrected chi connectivity index (χ1v) is 6.00. The summed E-state index contributed by atoms with van der Waals surface area (Å²) in [5.41, 5.74) is 1.04. The maximum Gasteiger partial charge on any atom is 0.214 e. The average Bonchev–Trinajstić information content (AvgIpc) is 2.25. The lowest BCUT2D eigenvalue weighted by atomic mass is 10.2. The van der Waals surface area contributed by atoms with Gasteiger partial charge < -0.3 is 9.47 Å². The van der Waals surface area contributed by atoms with Gasteiger partial charge in [0.2, 0.25) is 6.29 Å². The molecule has 1 atom stereocenters. The summed E-state index contributed by atoms with van der Waals surface area (Å²) in [6.07, 6.45) is 0.576. The molecule has 14 heavy (non-hydrogen) atoms. The lowest BCUT2D eigenvalue weighted by Crippen LogP contribution is -2.19. The number of carbonyl (C=O) groups excluding carboxylic acids is 1. The molecule has 1 aromatic carbocycles. The first-order chi connectivity index (χ1) is 6.86. The molecule has 0 aromatic heterocycles. The van der Waals surface area contributed by atoms with Gasteiger partial charge in [-0.25, -0.2) is 0 Å². The van der Waals surface area contributed by atoms with Crippen molar-refractivity contribution in [3.05, 3.63) is 35.9 Å². The molecule has 3 nitrogen and oxygen atoms in total. The third-order valence-electron chi connectivity index (χ3n) is 1.70. The van der Waals surface area contributed by atoms with E-state index in [1.165, 1.54) is 0 Å². The molecule has 0 saturated heterocycles. The topological polar surface area (TPSA) is 35.5 Å². The Labute approximate surface area is 86.5 Å². The third kappa shape index (κ3) is 3.82. The lowest BCUT2D eigenvalue weighted by Gasteiger charge is -2.11. The monoisotopic (exact) mass is 210 g/mol. The molecule has 1 rings (SSSR count). The number of carbonyl (C=O) groups is 1. The third-order valence-corrected chi connectivity index (χ3v) is 2.03. The van der Waals surface area contributed by atoms with E-state index in [0.29, 0.717) is 19.1 Å². The predicted molar refractivity (Wildman–Crippen MR) is 57.0 cm³/mol. The van der Waals surface area contributed by atoms with Crippen LogP contribution in [-0.4, -0.2) is 29.0 Å². The van der Waals surface area contributed by atoms with Gasteiger partial charge in [0.1, 0.15) is 0 Å². The van der Waals surface area contributed by atoms with E-state index in [9.17, 15) is 4.79 Å². The molecule has 0 fully saturated rings. The number of aldehydes is 1. The molecule has 0 aliphatic rings. The van der Waals surface area contributed by atoms with Gasteiger partial charge in [-0.2, -0.15) is 0 Å². The fourth-order valence-electron chi connectivity index (χ4n) is 1.04. The minimum Gasteiger partial charge on any atom is -0.351 e. The van der Waals surface area contributed by atoms with Crippen LogP contribution in [0.25, 0.3) is 0 Å². The van der Waals surface area contributed by atoms with Crippen LogP contribution in [0.4, 0.5) is 0 Å². The maximum absolute atomic E-state index is 10.5. The predicted octanol–water partition coefficient (Wildman–Crippen LogP) is 0.0677. The number of hydrogen-bond donors (Lipinski definition) is 0. The summed E-state index contributed by atoms with van der Waals surface area (Å²) in [4.78, 5) is 10.5. The molecule has 1 aromatic rings. The fraction of sp³-hybridized carbons (Fsp3) is 0.300. The Balaban J connectivity index is 2.35. The van der Waals surface area contributed by atoms with E-state index in [4.69, 9.17) is 9.47 Å². The van der Waals surface area contributed by atoms with Crippen LogP contribution in [0, 0.1) is 0 Å². The zero-order chi connectivity index (χ0) is 10.2. The summed E-state index contributed by atoms with van der Waals surface area (Å²) in [6, 6.07) is 9.70. The number of benzene rings is 1. The molecule has 0 amide bonds. The summed E-state index contributed by atoms with van der Waals surface area (Å²) < 4.78 is 10.3. The van der Waals surface area contributed by atoms with Crippen LogP contribution in [-0.2, 0) is 20.9 Å². The Kier molecular flexibility index (Phi) is 5.14. The summed E-state index contributed by atoms with van der Waals surface area (Å²) in [5, 5.41) is 0. The van der Waals surface area contributed by atoms with Crippen LogP contribution in [0.15, 0.2) is 30.3 Å². The second-order valence-electron chi connectivity index (χ2n) is 2.76. The largest absolute Gasteiger partial charge is 0.351 e. The molecular weight excluding hydrogens is 196 g/mol. The molecule has 0 heterocycles. The lowest BCUT2D eigenvalue weighted by molar-refractivity contribution is -0.155. The van der Waals surface area contributed by atoms with Gasteiger partial charge in [-0.1, -0.05) is 30.3 Å². The molecule has 76 valence electrons. The van der Waals surface area contributed by atoms with Crippen molar-refractivity contribution in [2.75, 3.05) is 6.23 Å². The maximum atomic E-state index is 10.5. The standard InChI is InChI=1S/C10H14O3Si/c11-6-10(13-8-14)12-7-9-4-2-1-3-5-9/h1-6,10H,7-8H2,14H3. The van der Waals surface area contributed by atoms with Gasteiger partial charge in [-0.3, -0.25) is 4.79 Å². The molecule has 0 bridgehead atoms. The highest BCUT2D eigenvalue weighted by Gasteiger charge is 2.05. The van der Waals surface area contributed by atoms with Crippen LogP contribution < -0.4 is 0 Å². The second kappa shape index (κ2) is 6.48. The molecular formula is C10H14O3Si. The van der Waals surface area contributed by atoms with E-state index in [2.05, 4.69) is 0 Å². The minimum absolute atomic E-state index is 0.409. The van der Waals surface area contributed by atoms with Gasteiger partial charge in [-0.15, -0.1) is 0 Å². The zero-order valence-electron chi connectivity index (χ0n) is 8.18. The van der Waals surface area contributed by atoms with Gasteiger partial charge in [0.25, 0.3) is 0 Å². The van der Waals surface area contributed by atoms with E-state index in [0.717, 1.165) is 15.8 Å². The van der Waals surface area contributed by atoms with Gasteiger partial charge in [0.05, 0.1) is 6.61 Å². The van der Waals surface area contributed by atoms with Crippen molar-refractivity contribution in [3.8, 4) is 0 Å². The summed E-state index contributed by atoms with van der Waals surface area (Å²) in [7, 11) is 0.908. The normalized spacial score (nSPS) is 12.6. The number of ether oxygens (including phenoxy) is 2. The van der Waals surface area contributed by atoms with Gasteiger partial charge in [0, 0.05) is 16.5 Å². The second-order valence-corrected chi connectivity index (χ2v) is 3.33. The van der Waals surface area contributed by atoms with Gasteiger partial charge in [-0.05, 0) is 5.56 Å². The Bertz CT molecular complexity index is 263. The van der Waals surface area contributed by atoms with E-state index >= 15 is 0 Å². The molecule has 0 N–H and O–H groups in total. The number of hydrogen-bond acceptors (Lipinski definition) is 3. The SMILES string of the molecule is O=CC(OC[SiH3])OCc1ccccc1. The molecule has 0 saturated carbocycles. The van der Waals surface area contributed by atoms with Crippen molar-refractivity contribution in [2.45, 2.75) is 12.9 Å². The van der Waals surface area contributed by atoms with E-state index < -0.39 is 6.29 Å². The quantitative estimate of drug-likeness (QED) is 0.378. The Morgan fingerprint density at radius 1 is 1.29 bits per heavy atom. The summed E-state index contributed by atoms with van der Waals surface area (Å²) in [6.45, 7) is 0.409. The Morgan fingerprint density at radius 3 is 2.57 bits per heavy atom. The van der Waals surface area contributed by atoms with Crippen LogP contribution in [0.1, 0.15) is 5.56 Å². The smallest absolute Gasteiger partial charge is 0.214 e. The zero-order valence-corrected chi connectivity index (χ0v) is 10.2. The number of rotatable bonds is 6. The summed E-state index contributed by atoms with van der Waals surface area (Å²) in [5.74, 6) is 0. The minimum atomic E-state index is -0.715. The Hall–Kier alpha value is -0.973. The van der Waals surface area contributed by atoms with Crippen molar-refractivity contribution in [1.29, 1.82) is 0 Å². The van der Waals surface area contributed by atoms with Crippen LogP contribution in [0.3, 0.4) is 0 Å². The highest BCUT2D eigenvalue weighted by Crippen LogP contribution is 2.02. The van der Waals surface area contributed by atoms with Crippen LogP contribution in [0.2, 0.25) is 0 Å². The molecule has 4 heteroatoms. The first-order valence-electron chi connectivity index (χ1n) is 4.59. The van der Waals surface area contributed by atoms with E-state index in [1.807, 2.05) is 30.3 Å². The van der Waals surface area contributed by atoms with Crippen molar-refractivity contribution in [3.63, 3.8) is 0 Å². The van der Waals surface area contributed by atoms with Crippen molar-refractivity contribution in [2.24, 2.45) is 0 Å². The molecule has 0 spiro atoms. The highest BCUT2D eigenvalue weighted by atomic mass is 28.1. The van der Waals surface area contributed by atoms with Crippen molar-refractivity contribution in [1.82, 2.24) is 0 Å². The first kappa shape index (κ1) is 11.1. The van der Waals surface area contributed by atoms with Crippen LogP contribution >= 0.6 is 0 Å². The van der Waals surface area contributed by atoms with Gasteiger partial charge in [0.15, 0.2) is 6.29 Å². The van der Waals surface area contributed by atoms with Crippen molar-refractivity contribution >= 4 is 16.5 Å². The van der Waals surface area contributed by atoms with Crippen molar-refractivity contribution < 1.29 is 14.3 Å². The summed E-state index contributed by atoms with van der Waals surface area (Å²) >= 11 is 0. The molecule has 0 radical (unpaired) electrons. The highest BCUT2D eigenvalue weighted by molar-refractivity contribution is 6.08. The molecule has 1 unspecified atom stereocenters.